The number of nitrogens with zero attached hydrogens (tertiary/aromatic N) is 4. The van der Waals surface area contributed by atoms with Crippen molar-refractivity contribution >= 4 is 11.8 Å². The van der Waals surface area contributed by atoms with Gasteiger partial charge in [-0.1, -0.05) is 0 Å². The zero-order valence-corrected chi connectivity index (χ0v) is 11.9. The Hall–Kier alpha value is -1.40. The topological polar surface area (TPSA) is 78.5 Å². The fourth-order valence-corrected chi connectivity index (χ4v) is 2.55. The molecule has 19 heavy (non-hydrogen) atoms. The standard InChI is InChI=1S/C13H23N5O/c1-9-6-12(16-13(14)15-9)18-5-4-17(8-11(3)19)10(2)7-18/h6,10-11,19H,4-5,7-8H2,1-3H3,(H2,14,15,16)/t10-,11+/m1/s1. The Morgan fingerprint density at radius 3 is 2.79 bits per heavy atom. The van der Waals surface area contributed by atoms with Gasteiger partial charge in [0.25, 0.3) is 0 Å². The average molecular weight is 265 g/mol. The van der Waals surface area contributed by atoms with Gasteiger partial charge in [0.15, 0.2) is 0 Å². The van der Waals surface area contributed by atoms with E-state index >= 15 is 0 Å². The van der Waals surface area contributed by atoms with E-state index in [1.807, 2.05) is 19.9 Å². The third-order valence-corrected chi connectivity index (χ3v) is 3.45. The number of aryl methyl sites for hydroxylation is 1. The minimum absolute atomic E-state index is 0.286. The Balaban J connectivity index is 2.05. The van der Waals surface area contributed by atoms with Gasteiger partial charge in [0, 0.05) is 44.0 Å². The number of hydrogen-bond acceptors (Lipinski definition) is 6. The van der Waals surface area contributed by atoms with Gasteiger partial charge < -0.3 is 15.7 Å². The lowest BCUT2D eigenvalue weighted by molar-refractivity contribution is 0.0959. The van der Waals surface area contributed by atoms with Crippen molar-refractivity contribution in [3.63, 3.8) is 0 Å². The first-order chi connectivity index (χ1) is 8.95. The molecule has 1 aliphatic rings. The number of aliphatic hydroxyl groups is 1. The van der Waals surface area contributed by atoms with Crippen LogP contribution >= 0.6 is 0 Å². The molecule has 1 aliphatic heterocycles. The second kappa shape index (κ2) is 5.71. The number of hydrogen-bond donors (Lipinski definition) is 2. The monoisotopic (exact) mass is 265 g/mol. The lowest BCUT2D eigenvalue weighted by atomic mass is 10.1. The van der Waals surface area contributed by atoms with Crippen molar-refractivity contribution in [1.82, 2.24) is 14.9 Å². The van der Waals surface area contributed by atoms with Crippen LogP contribution < -0.4 is 10.6 Å². The van der Waals surface area contributed by atoms with Gasteiger partial charge in [0.2, 0.25) is 5.95 Å². The van der Waals surface area contributed by atoms with E-state index in [4.69, 9.17) is 5.73 Å². The SMILES string of the molecule is Cc1cc(N2CCN(C[C@H](C)O)[C@H](C)C2)nc(N)n1. The number of piperazine rings is 1. The number of aromatic nitrogens is 2. The first-order valence-corrected chi connectivity index (χ1v) is 6.74. The summed E-state index contributed by atoms with van der Waals surface area (Å²) in [6.07, 6.45) is -0.286. The van der Waals surface area contributed by atoms with E-state index in [2.05, 4.69) is 26.7 Å². The van der Waals surface area contributed by atoms with E-state index in [1.54, 1.807) is 0 Å². The summed E-state index contributed by atoms with van der Waals surface area (Å²) in [5.74, 6) is 1.22. The molecule has 1 saturated heterocycles. The van der Waals surface area contributed by atoms with Crippen LogP contribution in [0, 0.1) is 6.92 Å². The highest BCUT2D eigenvalue weighted by Crippen LogP contribution is 2.18. The number of nitrogen functional groups attached to an aromatic ring is 1. The lowest BCUT2D eigenvalue weighted by Crippen LogP contribution is -2.53. The highest BCUT2D eigenvalue weighted by molar-refractivity contribution is 5.44. The molecule has 2 heterocycles. The first-order valence-electron chi connectivity index (χ1n) is 6.74. The highest BCUT2D eigenvalue weighted by atomic mass is 16.3. The van der Waals surface area contributed by atoms with Crippen molar-refractivity contribution < 1.29 is 5.11 Å². The zero-order chi connectivity index (χ0) is 14.0. The van der Waals surface area contributed by atoms with E-state index in [1.165, 1.54) is 0 Å². The molecule has 2 atom stereocenters. The number of anilines is 2. The quantitative estimate of drug-likeness (QED) is 0.816. The highest BCUT2D eigenvalue weighted by Gasteiger charge is 2.25. The maximum Gasteiger partial charge on any atom is 0.222 e. The van der Waals surface area contributed by atoms with Crippen molar-refractivity contribution in [2.24, 2.45) is 0 Å². The van der Waals surface area contributed by atoms with Crippen LogP contribution in [0.15, 0.2) is 6.07 Å². The molecule has 1 aromatic heterocycles. The van der Waals surface area contributed by atoms with Gasteiger partial charge in [0.1, 0.15) is 5.82 Å². The molecule has 6 nitrogen and oxygen atoms in total. The van der Waals surface area contributed by atoms with Crippen molar-refractivity contribution in [3.05, 3.63) is 11.8 Å². The summed E-state index contributed by atoms with van der Waals surface area (Å²) in [7, 11) is 0. The molecule has 0 spiro atoms. The summed E-state index contributed by atoms with van der Waals surface area (Å²) in [6, 6.07) is 2.35. The molecular weight excluding hydrogens is 242 g/mol. The fraction of sp³-hybridized carbons (Fsp3) is 0.692. The van der Waals surface area contributed by atoms with Crippen LogP contribution in [0.25, 0.3) is 0 Å². The number of nitrogens with two attached hydrogens (primary N) is 1. The van der Waals surface area contributed by atoms with Gasteiger partial charge in [-0.15, -0.1) is 0 Å². The molecule has 1 fully saturated rings. The predicted molar refractivity (Wildman–Crippen MR) is 76.1 cm³/mol. The van der Waals surface area contributed by atoms with Crippen molar-refractivity contribution in [3.8, 4) is 0 Å². The van der Waals surface area contributed by atoms with E-state index < -0.39 is 0 Å². The maximum absolute atomic E-state index is 9.49. The number of aliphatic hydroxyl groups excluding tert-OH is 1. The normalized spacial score (nSPS) is 22.5. The third-order valence-electron chi connectivity index (χ3n) is 3.45. The van der Waals surface area contributed by atoms with E-state index in [0.29, 0.717) is 12.0 Å². The molecule has 106 valence electrons. The molecule has 0 aliphatic carbocycles. The molecule has 1 aromatic rings. The molecule has 0 amide bonds. The molecule has 0 radical (unpaired) electrons. The van der Waals surface area contributed by atoms with E-state index in [-0.39, 0.29) is 6.10 Å². The number of rotatable bonds is 3. The second-order valence-electron chi connectivity index (χ2n) is 5.36. The van der Waals surface area contributed by atoms with Gasteiger partial charge in [-0.2, -0.15) is 4.98 Å². The van der Waals surface area contributed by atoms with Crippen molar-refractivity contribution in [1.29, 1.82) is 0 Å². The largest absolute Gasteiger partial charge is 0.392 e. The Morgan fingerprint density at radius 2 is 2.21 bits per heavy atom. The Labute approximate surface area is 114 Å². The summed E-state index contributed by atoms with van der Waals surface area (Å²) in [5.41, 5.74) is 6.59. The Morgan fingerprint density at radius 1 is 1.47 bits per heavy atom. The van der Waals surface area contributed by atoms with Crippen LogP contribution in [-0.4, -0.2) is 58.3 Å². The molecule has 0 saturated carbocycles. The van der Waals surface area contributed by atoms with Crippen molar-refractivity contribution in [2.75, 3.05) is 36.8 Å². The van der Waals surface area contributed by atoms with Crippen LogP contribution in [0.2, 0.25) is 0 Å². The van der Waals surface area contributed by atoms with Gasteiger partial charge in [-0.25, -0.2) is 4.98 Å². The van der Waals surface area contributed by atoms with E-state index in [0.717, 1.165) is 37.7 Å². The molecule has 6 heteroatoms. The molecule has 0 bridgehead atoms. The van der Waals surface area contributed by atoms with Crippen LogP contribution in [0.5, 0.6) is 0 Å². The fourth-order valence-electron chi connectivity index (χ4n) is 2.55. The molecule has 0 unspecified atom stereocenters. The minimum atomic E-state index is -0.286. The first kappa shape index (κ1) is 14.0. The summed E-state index contributed by atoms with van der Waals surface area (Å²) >= 11 is 0. The second-order valence-corrected chi connectivity index (χ2v) is 5.36. The van der Waals surface area contributed by atoms with Crippen LogP contribution in [-0.2, 0) is 0 Å². The van der Waals surface area contributed by atoms with Gasteiger partial charge in [-0.05, 0) is 20.8 Å². The summed E-state index contributed by atoms with van der Waals surface area (Å²) in [5, 5.41) is 9.49. The zero-order valence-electron chi connectivity index (χ0n) is 11.9. The lowest BCUT2D eigenvalue weighted by Gasteiger charge is -2.40. The predicted octanol–water partition coefficient (Wildman–Crippen LogP) is 0.259. The molecule has 0 aromatic carbocycles. The third kappa shape index (κ3) is 3.54. The summed E-state index contributed by atoms with van der Waals surface area (Å²) in [6.45, 7) is 9.36. The molecule has 3 N–H and O–H groups in total. The molecular formula is C13H23N5O. The van der Waals surface area contributed by atoms with Gasteiger partial charge >= 0.3 is 0 Å². The van der Waals surface area contributed by atoms with Crippen LogP contribution in [0.1, 0.15) is 19.5 Å². The smallest absolute Gasteiger partial charge is 0.222 e. The van der Waals surface area contributed by atoms with Gasteiger partial charge in [0.05, 0.1) is 6.10 Å². The Bertz CT molecular complexity index is 417. The van der Waals surface area contributed by atoms with Crippen molar-refractivity contribution in [2.45, 2.75) is 32.9 Å². The summed E-state index contributed by atoms with van der Waals surface area (Å²) in [4.78, 5) is 12.9. The van der Waals surface area contributed by atoms with E-state index in [9.17, 15) is 5.11 Å². The van der Waals surface area contributed by atoms with Crippen LogP contribution in [0.3, 0.4) is 0 Å². The van der Waals surface area contributed by atoms with Crippen LogP contribution in [0.4, 0.5) is 11.8 Å². The summed E-state index contributed by atoms with van der Waals surface area (Å²) < 4.78 is 0. The maximum atomic E-state index is 9.49. The molecule has 2 rings (SSSR count). The van der Waals surface area contributed by atoms with Gasteiger partial charge in [-0.3, -0.25) is 4.90 Å². The number of β-amino-alcohol motifs (C(OH)–C–C–N with tert-alkyl or cyclic N) is 1. The minimum Gasteiger partial charge on any atom is -0.392 e. The average Bonchev–Trinajstić information content (AvgIpc) is 2.30. The Kier molecular flexibility index (Phi) is 4.21.